The van der Waals surface area contributed by atoms with E-state index in [1.54, 1.807) is 0 Å². The Morgan fingerprint density at radius 3 is 0.536 bits per heavy atom. The van der Waals surface area contributed by atoms with Crippen LogP contribution in [0.25, 0.3) is 0 Å². The Kier molecular flexibility index (Phi) is 31.1. The van der Waals surface area contributed by atoms with Gasteiger partial charge in [0, 0.05) is 21.3 Å². The Morgan fingerprint density at radius 2 is 0.391 bits per heavy atom. The molecule has 358 valence electrons. The highest BCUT2D eigenvalue weighted by Gasteiger charge is 2.58. The third-order valence-electron chi connectivity index (χ3n) is 7.27. The zero-order valence-corrected chi connectivity index (χ0v) is 65.6. The van der Waals surface area contributed by atoms with Gasteiger partial charge in [0.05, 0.1) is 0 Å². The van der Waals surface area contributed by atoms with Crippen LogP contribution in [-0.2, 0) is 142 Å². The lowest BCUT2D eigenvalue weighted by molar-refractivity contribution is 0.0534. The van der Waals surface area contributed by atoms with Gasteiger partial charge in [0.2, 0.25) is 0 Å². The summed E-state index contributed by atoms with van der Waals surface area (Å²) in [6, 6.07) is 0. The lowest BCUT2D eigenvalue weighted by Crippen LogP contribution is -2.58. The van der Waals surface area contributed by atoms with Crippen molar-refractivity contribution in [3.05, 3.63) is 0 Å². The maximum atomic E-state index is 12.7. The summed E-state index contributed by atoms with van der Waals surface area (Å²) >= 11 is 0. The molecule has 0 aliphatic rings. The summed E-state index contributed by atoms with van der Waals surface area (Å²) in [5.74, 6) is 0. The maximum Gasteiger partial charge on any atom is 0.668 e. The fourth-order valence-corrected chi connectivity index (χ4v) is 348. The van der Waals surface area contributed by atoms with Gasteiger partial charge in [0.15, 0.2) is 0 Å². The molecule has 69 heavy (non-hydrogen) atoms. The van der Waals surface area contributed by atoms with E-state index in [9.17, 15) is 125 Å². The predicted octanol–water partition coefficient (Wildman–Crippen LogP) is -13.2. The Bertz CT molecular complexity index is 2740. The molecule has 0 fully saturated rings. The Balaban J connectivity index is 5.87. The molecule has 0 aromatic rings. The third-order valence-corrected chi connectivity index (χ3v) is 241. The largest absolute Gasteiger partial charge is 0.668 e. The van der Waals surface area contributed by atoms with Gasteiger partial charge in [0.1, 0.15) is 7.59 Å². The quantitative estimate of drug-likeness (QED) is 0.0540. The first-order chi connectivity index (χ1) is 31.4. The van der Waals surface area contributed by atoms with E-state index in [-0.39, 0.29) is 0 Å². The molecular weight excluding hydrogens is 1450 g/mol. The van der Waals surface area contributed by atoms with Crippen LogP contribution < -0.4 is 0 Å². The van der Waals surface area contributed by atoms with Crippen molar-refractivity contribution in [1.29, 1.82) is 0 Å². The Morgan fingerprint density at radius 1 is 0.246 bits per heavy atom. The molecule has 0 rings (SSSR count). The van der Waals surface area contributed by atoms with Crippen LogP contribution in [-0.4, -0.2) is 263 Å². The molecule has 0 amide bonds. The molecule has 0 unspecified atom stereocenters. The molecule has 2 radical (unpaired) electrons. The molecule has 32 nitrogen and oxygen atoms in total. The summed E-state index contributed by atoms with van der Waals surface area (Å²) in [4.78, 5) is 0. The van der Waals surface area contributed by atoms with Crippen molar-refractivity contribution < 1.29 is 142 Å². The first-order valence-corrected chi connectivity index (χ1v) is 91.2. The first-order valence-electron chi connectivity index (χ1n) is 16.7. The summed E-state index contributed by atoms with van der Waals surface area (Å²) in [7, 11) is -127. The summed E-state index contributed by atoms with van der Waals surface area (Å²) in [5, 5.41) is 0. The van der Waals surface area contributed by atoms with E-state index in [0.29, 0.717) is 0 Å². The van der Waals surface area contributed by atoms with E-state index in [0.717, 1.165) is 21.3 Å². The van der Waals surface area contributed by atoms with Crippen LogP contribution in [0.2, 0.25) is 19.6 Å². The molecular formula is C6H18O32Si31. The van der Waals surface area contributed by atoms with E-state index in [1.165, 1.54) is 19.6 Å². The van der Waals surface area contributed by atoms with Gasteiger partial charge < -0.3 is 142 Å². The van der Waals surface area contributed by atoms with Crippen molar-refractivity contribution in [1.82, 2.24) is 0 Å². The van der Waals surface area contributed by atoms with E-state index < -0.39 is 242 Å². The molecule has 0 aromatic heterocycles. The molecule has 0 saturated heterocycles. The summed E-state index contributed by atoms with van der Waals surface area (Å²) in [5.41, 5.74) is 0. The monoisotopic (exact) mass is 1470 g/mol. The van der Waals surface area contributed by atoms with Crippen LogP contribution in [0.15, 0.2) is 0 Å². The fraction of sp³-hybridized carbons (Fsp3) is 1.00. The van der Waals surface area contributed by atoms with Gasteiger partial charge in [-0.05, 0) is 0 Å². The average molecular weight is 1470 g/mol. The van der Waals surface area contributed by atoms with Gasteiger partial charge in [-0.15, -0.1) is 0 Å². The zero-order chi connectivity index (χ0) is 54.7. The molecule has 0 bridgehead atoms. The topological polar surface area (TPSA) is 515 Å². The number of hydrogen-bond donors (Lipinski definition) is 0. The van der Waals surface area contributed by atoms with Gasteiger partial charge in [-0.2, -0.15) is 0 Å². The van der Waals surface area contributed by atoms with Crippen molar-refractivity contribution in [3.8, 4) is 0 Å². The lowest BCUT2D eigenvalue weighted by atomic mass is 11.8. The Labute approximate surface area is 421 Å². The molecule has 0 aliphatic heterocycles. The predicted molar refractivity (Wildman–Crippen MR) is 237 cm³/mol. The van der Waals surface area contributed by atoms with Crippen molar-refractivity contribution in [2.45, 2.75) is 19.6 Å². The van der Waals surface area contributed by atoms with E-state index in [2.05, 4.69) is 0 Å². The minimum absolute atomic E-state index is 1.05. The van der Waals surface area contributed by atoms with Crippen molar-refractivity contribution in [2.75, 3.05) is 21.3 Å². The summed E-state index contributed by atoms with van der Waals surface area (Å²) in [6.07, 6.45) is 0. The van der Waals surface area contributed by atoms with E-state index in [4.69, 9.17) is 17.4 Å². The minimum atomic E-state index is -4.68. The normalized spacial score (nSPS) is 10.6. The van der Waals surface area contributed by atoms with Gasteiger partial charge >= 0.3 is 225 Å². The molecule has 0 aliphatic carbocycles. The van der Waals surface area contributed by atoms with Crippen LogP contribution in [0.5, 0.6) is 0 Å². The second-order valence-corrected chi connectivity index (χ2v) is 162. The molecule has 0 saturated carbocycles. The molecule has 0 spiro atoms. The van der Waals surface area contributed by atoms with E-state index >= 15 is 0 Å². The minimum Gasteiger partial charge on any atom is -0.389 e. The highest BCUT2D eigenvalue weighted by Crippen LogP contribution is 2.06. The second kappa shape index (κ2) is 30.6. The number of rotatable bonds is 34. The van der Waals surface area contributed by atoms with Crippen molar-refractivity contribution in [3.63, 3.8) is 0 Å². The first kappa shape index (κ1) is 70.0. The highest BCUT2D eigenvalue weighted by molar-refractivity contribution is 7.84. The van der Waals surface area contributed by atoms with Crippen LogP contribution in [0.3, 0.4) is 0 Å². The third kappa shape index (κ3) is 18.3. The molecule has 0 heterocycles. The van der Waals surface area contributed by atoms with Gasteiger partial charge in [-0.1, -0.05) is 19.6 Å². The molecule has 63 heteroatoms. The average Bonchev–Trinajstić information content (AvgIpc) is 3.34. The van der Waals surface area contributed by atoms with Gasteiger partial charge in [-0.3, -0.25) is 0 Å². The van der Waals surface area contributed by atoms with Crippen LogP contribution in [0.4, 0.5) is 0 Å². The van der Waals surface area contributed by atoms with Crippen LogP contribution in [0.1, 0.15) is 0 Å². The highest BCUT2D eigenvalue weighted by atomic mass is 30.1. The summed E-state index contributed by atoms with van der Waals surface area (Å²) < 4.78 is 373. The molecule has 0 aromatic carbocycles. The SMILES string of the molecule is CO[Si](OC)(OC)O[Si][Si](=O)[Si](=O)[Si](=O)[Si](=O)[Si](=O)[Si](=O)[Si](=O)[Si](=O)[Si](=O)[Si](=O)[Si](=O)[Si](=O)[Si](=O)[Si](=O)[Si](=O)[Si](=O)[Si](=O)[Si](=O)[Si](=O)[Si](=O)[Si](=O)[Si](=O)[Si](=O)[Si](=O)[Si](=O)[Si](=O)[Si](=O)[Si](=O)[Si](C)(C)C. The van der Waals surface area contributed by atoms with Crippen molar-refractivity contribution in [2.24, 2.45) is 0 Å². The summed E-state index contributed by atoms with van der Waals surface area (Å²) in [6.45, 7) is 4.35. The van der Waals surface area contributed by atoms with Crippen molar-refractivity contribution >= 4 is 242 Å². The standard InChI is InChI=1S/C6H18O32Si31/c1-35-69(36-2,37-3)38-39-40(7)41(8)42(9)43(10)44(11)45(12)46(13)47(14)48(15)49(16)50(17)51(18)52(19)53(20)54(21)55(22)56(23)57(24)58(25)59(26)60(27)61(28)62(29)63(30)64(31)65(32)66(33)67(34)68(4,5)6/h1-6H3. The van der Waals surface area contributed by atoms with E-state index in [1.807, 2.05) is 0 Å². The number of hydrogen-bond acceptors (Lipinski definition) is 32. The van der Waals surface area contributed by atoms with Crippen LogP contribution in [0, 0.1) is 0 Å². The Hall–Kier alpha value is 0.963. The van der Waals surface area contributed by atoms with Gasteiger partial charge in [0.25, 0.3) is 9.28 Å². The lowest BCUT2D eigenvalue weighted by Gasteiger charge is -2.22. The molecule has 0 N–H and O–H groups in total. The van der Waals surface area contributed by atoms with Gasteiger partial charge in [-0.25, -0.2) is 0 Å². The zero-order valence-electron chi connectivity index (χ0n) is 34.6. The molecule has 0 atom stereocenters. The smallest absolute Gasteiger partial charge is 0.389 e. The fourth-order valence-electron chi connectivity index (χ4n) is 3.55. The van der Waals surface area contributed by atoms with Crippen LogP contribution >= 0.6 is 0 Å². The maximum absolute atomic E-state index is 12.7. The second-order valence-electron chi connectivity index (χ2n) is 12.8.